The highest BCUT2D eigenvalue weighted by Gasteiger charge is 2.34. The number of fused-ring (bicyclic) bond motifs is 3. The molecule has 26 heavy (non-hydrogen) atoms. The number of nitrogens with one attached hydrogen (secondary N) is 1. The number of nitrogens with zero attached hydrogens (tertiary/aromatic N) is 4. The van der Waals surface area contributed by atoms with Crippen molar-refractivity contribution in [2.75, 3.05) is 18.6 Å². The molecule has 0 saturated carbocycles. The molecule has 1 aromatic carbocycles. The van der Waals surface area contributed by atoms with Crippen molar-refractivity contribution in [3.63, 3.8) is 0 Å². The zero-order valence-corrected chi connectivity index (χ0v) is 16.0. The van der Waals surface area contributed by atoms with E-state index >= 15 is 0 Å². The zero-order valence-electron chi connectivity index (χ0n) is 14.4. The van der Waals surface area contributed by atoms with Gasteiger partial charge in [0.25, 0.3) is 0 Å². The number of aromatic nitrogens is 4. The molecule has 2 atom stereocenters. The highest BCUT2D eigenvalue weighted by atomic mass is 32.2. The third kappa shape index (κ3) is 2.96. The standard InChI is InChI=1S/C16H19N5O3S2/c1-10(14(22)20(2)11-7-8-26(23,24)9-11)25-16-19-18-15-17-12-5-3-4-6-13(12)21(15)16/h3-6,10-11H,7-9H2,1-2H3,(H,17,18). The Morgan fingerprint density at radius 2 is 2.19 bits per heavy atom. The fourth-order valence-electron chi connectivity index (χ4n) is 3.28. The number of hydrogen-bond acceptors (Lipinski definition) is 6. The number of thioether (sulfide) groups is 1. The Bertz CT molecular complexity index is 1090. The fraction of sp³-hybridized carbons (Fsp3) is 0.438. The van der Waals surface area contributed by atoms with E-state index < -0.39 is 15.1 Å². The molecule has 1 saturated heterocycles. The SMILES string of the molecule is CC(Sc1n[nH]c2nc3ccccc3n12)C(=O)N(C)C1CCS(=O)(=O)C1. The largest absolute Gasteiger partial charge is 0.341 e. The number of amides is 1. The molecule has 0 bridgehead atoms. The summed E-state index contributed by atoms with van der Waals surface area (Å²) in [4.78, 5) is 18.8. The number of imidazole rings is 1. The highest BCUT2D eigenvalue weighted by Crippen LogP contribution is 2.28. The van der Waals surface area contributed by atoms with E-state index in [0.29, 0.717) is 17.4 Å². The molecule has 3 aromatic rings. The van der Waals surface area contributed by atoms with E-state index in [2.05, 4.69) is 15.2 Å². The maximum absolute atomic E-state index is 12.8. The van der Waals surface area contributed by atoms with Crippen LogP contribution in [0.2, 0.25) is 0 Å². The van der Waals surface area contributed by atoms with E-state index in [9.17, 15) is 13.2 Å². The fourth-order valence-corrected chi connectivity index (χ4v) is 6.02. The number of rotatable bonds is 4. The van der Waals surface area contributed by atoms with E-state index in [1.165, 1.54) is 11.8 Å². The lowest BCUT2D eigenvalue weighted by Gasteiger charge is -2.26. The van der Waals surface area contributed by atoms with Crippen molar-refractivity contribution in [3.05, 3.63) is 24.3 Å². The second-order valence-electron chi connectivity index (χ2n) is 6.53. The number of carbonyl (C=O) groups is 1. The van der Waals surface area contributed by atoms with Crippen LogP contribution in [0.3, 0.4) is 0 Å². The summed E-state index contributed by atoms with van der Waals surface area (Å²) in [6, 6.07) is 7.49. The van der Waals surface area contributed by atoms with Crippen molar-refractivity contribution >= 4 is 44.3 Å². The molecule has 2 unspecified atom stereocenters. The third-order valence-electron chi connectivity index (χ3n) is 4.74. The smallest absolute Gasteiger partial charge is 0.235 e. The first-order valence-corrected chi connectivity index (χ1v) is 11.0. The minimum atomic E-state index is -3.03. The predicted molar refractivity (Wildman–Crippen MR) is 100.0 cm³/mol. The summed E-state index contributed by atoms with van der Waals surface area (Å²) in [5.74, 6) is 0.727. The number of hydrogen-bond donors (Lipinski definition) is 1. The molecule has 8 nitrogen and oxygen atoms in total. The zero-order chi connectivity index (χ0) is 18.5. The van der Waals surface area contributed by atoms with Gasteiger partial charge in [-0.2, -0.15) is 0 Å². The van der Waals surface area contributed by atoms with Gasteiger partial charge in [0, 0.05) is 13.1 Å². The van der Waals surface area contributed by atoms with Crippen LogP contribution in [0, 0.1) is 0 Å². The maximum atomic E-state index is 12.8. The molecule has 1 fully saturated rings. The number of benzene rings is 1. The highest BCUT2D eigenvalue weighted by molar-refractivity contribution is 8.00. The van der Waals surface area contributed by atoms with Crippen molar-refractivity contribution in [1.82, 2.24) is 24.5 Å². The van der Waals surface area contributed by atoms with Gasteiger partial charge in [-0.15, -0.1) is 5.10 Å². The quantitative estimate of drug-likeness (QED) is 0.672. The summed E-state index contributed by atoms with van der Waals surface area (Å²) in [5.41, 5.74) is 1.78. The number of H-pyrrole nitrogens is 1. The van der Waals surface area contributed by atoms with Crippen LogP contribution in [0.15, 0.2) is 29.4 Å². The van der Waals surface area contributed by atoms with Crippen molar-refractivity contribution in [1.29, 1.82) is 0 Å². The first-order valence-electron chi connectivity index (χ1n) is 8.31. The summed E-state index contributed by atoms with van der Waals surface area (Å²) in [6.45, 7) is 1.81. The molecule has 3 heterocycles. The Labute approximate surface area is 154 Å². The minimum Gasteiger partial charge on any atom is -0.341 e. The van der Waals surface area contributed by atoms with Gasteiger partial charge in [0.05, 0.1) is 27.8 Å². The molecule has 0 spiro atoms. The lowest BCUT2D eigenvalue weighted by atomic mass is 10.2. The molecule has 1 aliphatic heterocycles. The van der Waals surface area contributed by atoms with Crippen LogP contribution in [0.1, 0.15) is 13.3 Å². The molecule has 138 valence electrons. The normalized spacial score (nSPS) is 20.6. The van der Waals surface area contributed by atoms with Crippen LogP contribution in [-0.4, -0.2) is 68.7 Å². The molecule has 1 amide bonds. The molecule has 10 heteroatoms. The summed E-state index contributed by atoms with van der Waals surface area (Å²) < 4.78 is 25.2. The van der Waals surface area contributed by atoms with Crippen LogP contribution >= 0.6 is 11.8 Å². The van der Waals surface area contributed by atoms with E-state index in [0.717, 1.165) is 11.0 Å². The van der Waals surface area contributed by atoms with E-state index in [4.69, 9.17) is 0 Å². The Morgan fingerprint density at radius 3 is 2.92 bits per heavy atom. The lowest BCUT2D eigenvalue weighted by molar-refractivity contribution is -0.130. The maximum Gasteiger partial charge on any atom is 0.235 e. The lowest BCUT2D eigenvalue weighted by Crippen LogP contribution is -2.41. The van der Waals surface area contributed by atoms with Gasteiger partial charge in [0.15, 0.2) is 15.0 Å². The van der Waals surface area contributed by atoms with Gasteiger partial charge in [0.1, 0.15) is 0 Å². The Balaban J connectivity index is 1.55. The summed E-state index contributed by atoms with van der Waals surface area (Å²) in [7, 11) is -1.35. The van der Waals surface area contributed by atoms with Crippen LogP contribution < -0.4 is 0 Å². The molecule has 1 N–H and O–H groups in total. The Morgan fingerprint density at radius 1 is 1.42 bits per heavy atom. The summed E-state index contributed by atoms with van der Waals surface area (Å²) >= 11 is 1.33. The van der Waals surface area contributed by atoms with Crippen molar-refractivity contribution < 1.29 is 13.2 Å². The molecule has 0 aliphatic carbocycles. The van der Waals surface area contributed by atoms with Gasteiger partial charge in [-0.05, 0) is 25.5 Å². The topological polar surface area (TPSA) is 100 Å². The van der Waals surface area contributed by atoms with Crippen LogP contribution in [0.5, 0.6) is 0 Å². The molecule has 2 aromatic heterocycles. The second kappa shape index (κ2) is 6.27. The minimum absolute atomic E-state index is 0.0471. The molecular weight excluding hydrogens is 374 g/mol. The second-order valence-corrected chi connectivity index (χ2v) is 10.1. The third-order valence-corrected chi connectivity index (χ3v) is 7.53. The van der Waals surface area contributed by atoms with Crippen molar-refractivity contribution in [2.45, 2.75) is 29.8 Å². The van der Waals surface area contributed by atoms with Gasteiger partial charge in [0.2, 0.25) is 11.7 Å². The van der Waals surface area contributed by atoms with Gasteiger partial charge in [-0.1, -0.05) is 23.9 Å². The van der Waals surface area contributed by atoms with Crippen LogP contribution in [-0.2, 0) is 14.6 Å². The average Bonchev–Trinajstić information content (AvgIpc) is 3.27. The van der Waals surface area contributed by atoms with E-state index in [1.54, 1.807) is 11.9 Å². The van der Waals surface area contributed by atoms with E-state index in [1.807, 2.05) is 35.6 Å². The Hall–Kier alpha value is -2.07. The van der Waals surface area contributed by atoms with Gasteiger partial charge in [-0.25, -0.2) is 18.5 Å². The van der Waals surface area contributed by atoms with Gasteiger partial charge >= 0.3 is 0 Å². The molecule has 4 rings (SSSR count). The van der Waals surface area contributed by atoms with Crippen LogP contribution in [0.25, 0.3) is 16.8 Å². The summed E-state index contributed by atoms with van der Waals surface area (Å²) in [6.07, 6.45) is 0.501. The van der Waals surface area contributed by atoms with Crippen molar-refractivity contribution in [2.24, 2.45) is 0 Å². The monoisotopic (exact) mass is 393 g/mol. The predicted octanol–water partition coefficient (Wildman–Crippen LogP) is 1.34. The number of carbonyl (C=O) groups excluding carboxylic acids is 1. The average molecular weight is 393 g/mol. The molecule has 0 radical (unpaired) electrons. The van der Waals surface area contributed by atoms with Gasteiger partial charge < -0.3 is 4.90 Å². The number of sulfone groups is 1. The number of para-hydroxylation sites is 2. The van der Waals surface area contributed by atoms with E-state index in [-0.39, 0.29) is 23.5 Å². The number of aromatic amines is 1. The Kier molecular flexibility index (Phi) is 4.19. The first-order chi connectivity index (χ1) is 12.4. The summed E-state index contributed by atoms with van der Waals surface area (Å²) in [5, 5.41) is 7.44. The first kappa shape index (κ1) is 17.3. The van der Waals surface area contributed by atoms with Crippen LogP contribution in [0.4, 0.5) is 0 Å². The van der Waals surface area contributed by atoms with Crippen molar-refractivity contribution in [3.8, 4) is 0 Å². The molecular formula is C16H19N5O3S2. The van der Waals surface area contributed by atoms with Gasteiger partial charge in [-0.3, -0.25) is 9.20 Å². The molecule has 1 aliphatic rings.